The molecule has 0 aliphatic carbocycles. The zero-order valence-corrected chi connectivity index (χ0v) is 16.6. The predicted molar refractivity (Wildman–Crippen MR) is 109 cm³/mol. The Morgan fingerprint density at radius 3 is 2.45 bits per heavy atom. The normalized spacial score (nSPS) is 11.8. The average Bonchev–Trinajstić information content (AvgIpc) is 2.71. The van der Waals surface area contributed by atoms with Gasteiger partial charge in [0.05, 0.1) is 17.5 Å². The molecule has 0 spiro atoms. The number of amides is 1. The van der Waals surface area contributed by atoms with Gasteiger partial charge < -0.3 is 10.1 Å². The van der Waals surface area contributed by atoms with Crippen molar-refractivity contribution in [2.24, 2.45) is 7.05 Å². The molecule has 2 aromatic carbocycles. The Bertz CT molecular complexity index is 1100. The Kier molecular flexibility index (Phi) is 6.07. The molecule has 0 bridgehead atoms. The van der Waals surface area contributed by atoms with Crippen molar-refractivity contribution >= 4 is 22.6 Å². The van der Waals surface area contributed by atoms with Crippen LogP contribution in [0.3, 0.4) is 0 Å². The number of aromatic nitrogens is 2. The van der Waals surface area contributed by atoms with Gasteiger partial charge in [-0.2, -0.15) is 5.10 Å². The number of benzene rings is 2. The lowest BCUT2D eigenvalue weighted by atomic mass is 10.1. The van der Waals surface area contributed by atoms with E-state index in [0.717, 1.165) is 11.1 Å². The molecule has 1 N–H and O–H groups in total. The van der Waals surface area contributed by atoms with E-state index in [9.17, 15) is 14.4 Å². The third-order valence-corrected chi connectivity index (χ3v) is 4.61. The van der Waals surface area contributed by atoms with E-state index in [0.29, 0.717) is 23.0 Å². The van der Waals surface area contributed by atoms with Gasteiger partial charge in [0.2, 0.25) is 0 Å². The van der Waals surface area contributed by atoms with Gasteiger partial charge in [-0.25, -0.2) is 4.68 Å². The zero-order chi connectivity index (χ0) is 21.0. The fourth-order valence-corrected chi connectivity index (χ4v) is 2.97. The van der Waals surface area contributed by atoms with Crippen molar-refractivity contribution in [1.29, 1.82) is 0 Å². The molecule has 0 aliphatic rings. The van der Waals surface area contributed by atoms with Crippen molar-refractivity contribution in [3.05, 3.63) is 75.7 Å². The largest absolute Gasteiger partial charge is 0.452 e. The quantitative estimate of drug-likeness (QED) is 0.647. The number of fused-ring (bicyclic) bond motifs is 1. The van der Waals surface area contributed by atoms with Gasteiger partial charge in [-0.3, -0.25) is 14.4 Å². The van der Waals surface area contributed by atoms with E-state index in [1.807, 2.05) is 31.2 Å². The first-order valence-electron chi connectivity index (χ1n) is 9.33. The second kappa shape index (κ2) is 8.68. The summed E-state index contributed by atoms with van der Waals surface area (Å²) in [5.41, 5.74) is 2.30. The number of aryl methyl sites for hydroxylation is 2. The standard InChI is InChI=1S/C22H23N3O4/c1-14-8-10-16(11-9-14)13-23-21(27)15(2)29-20(26)12-19-17-6-4-5-7-18(17)22(28)25(3)24-19/h4-11,15H,12-13H2,1-3H3,(H,23,27)/t15-/m0/s1. The summed E-state index contributed by atoms with van der Waals surface area (Å²) < 4.78 is 6.46. The topological polar surface area (TPSA) is 90.3 Å². The maximum Gasteiger partial charge on any atom is 0.312 e. The SMILES string of the molecule is Cc1ccc(CNC(=O)[C@H](C)OC(=O)Cc2nn(C)c(=O)c3ccccc23)cc1. The molecule has 150 valence electrons. The fourth-order valence-electron chi connectivity index (χ4n) is 2.97. The van der Waals surface area contributed by atoms with Crippen LogP contribution < -0.4 is 10.9 Å². The number of hydrogen-bond donors (Lipinski definition) is 1. The zero-order valence-electron chi connectivity index (χ0n) is 16.6. The van der Waals surface area contributed by atoms with Crippen molar-refractivity contribution in [3.8, 4) is 0 Å². The van der Waals surface area contributed by atoms with Gasteiger partial charge in [0.25, 0.3) is 11.5 Å². The minimum absolute atomic E-state index is 0.135. The Morgan fingerprint density at radius 1 is 1.10 bits per heavy atom. The Labute approximate surface area is 168 Å². The van der Waals surface area contributed by atoms with Gasteiger partial charge in [0.1, 0.15) is 0 Å². The van der Waals surface area contributed by atoms with Gasteiger partial charge in [0.15, 0.2) is 6.10 Å². The molecule has 0 fully saturated rings. The molecule has 1 heterocycles. The van der Waals surface area contributed by atoms with E-state index >= 15 is 0 Å². The first kappa shape index (κ1) is 20.3. The van der Waals surface area contributed by atoms with Crippen LogP contribution in [0.25, 0.3) is 10.8 Å². The number of nitrogens with zero attached hydrogens (tertiary/aromatic N) is 2. The predicted octanol–water partition coefficient (Wildman–Crippen LogP) is 2.03. The maximum atomic E-state index is 12.3. The highest BCUT2D eigenvalue weighted by Gasteiger charge is 2.19. The molecule has 7 heteroatoms. The van der Waals surface area contributed by atoms with Gasteiger partial charge in [-0.05, 0) is 25.5 Å². The van der Waals surface area contributed by atoms with Crippen molar-refractivity contribution in [2.75, 3.05) is 0 Å². The molecule has 0 saturated carbocycles. The molecule has 3 aromatic rings. The lowest BCUT2D eigenvalue weighted by Crippen LogP contribution is -2.36. The molecule has 0 saturated heterocycles. The summed E-state index contributed by atoms with van der Waals surface area (Å²) in [6.07, 6.45) is -1.07. The summed E-state index contributed by atoms with van der Waals surface area (Å²) in [4.78, 5) is 36.8. The molecular weight excluding hydrogens is 370 g/mol. The van der Waals surface area contributed by atoms with Crippen molar-refractivity contribution in [3.63, 3.8) is 0 Å². The molecule has 1 aromatic heterocycles. The molecule has 3 rings (SSSR count). The number of esters is 1. The number of carbonyl (C=O) groups is 2. The van der Waals surface area contributed by atoms with Crippen LogP contribution in [0.1, 0.15) is 23.7 Å². The lowest BCUT2D eigenvalue weighted by molar-refractivity contribution is -0.154. The van der Waals surface area contributed by atoms with E-state index in [1.165, 1.54) is 18.7 Å². The number of ether oxygens (including phenoxy) is 1. The number of hydrogen-bond acceptors (Lipinski definition) is 5. The van der Waals surface area contributed by atoms with Crippen LogP contribution in [0.2, 0.25) is 0 Å². The monoisotopic (exact) mass is 393 g/mol. The van der Waals surface area contributed by atoms with Crippen LogP contribution in [-0.2, 0) is 34.3 Å². The van der Waals surface area contributed by atoms with Gasteiger partial charge in [0, 0.05) is 19.0 Å². The number of rotatable bonds is 6. The van der Waals surface area contributed by atoms with Gasteiger partial charge in [-0.15, -0.1) is 0 Å². The molecule has 1 atom stereocenters. The first-order chi connectivity index (χ1) is 13.8. The van der Waals surface area contributed by atoms with Crippen molar-refractivity contribution in [2.45, 2.75) is 32.9 Å². The van der Waals surface area contributed by atoms with Crippen LogP contribution in [-0.4, -0.2) is 27.8 Å². The number of nitrogens with one attached hydrogen (secondary N) is 1. The maximum absolute atomic E-state index is 12.3. The molecule has 0 unspecified atom stereocenters. The molecule has 29 heavy (non-hydrogen) atoms. The van der Waals surface area contributed by atoms with E-state index < -0.39 is 12.1 Å². The average molecular weight is 393 g/mol. The Hall–Kier alpha value is -3.48. The van der Waals surface area contributed by atoms with E-state index in [-0.39, 0.29) is 17.9 Å². The minimum Gasteiger partial charge on any atom is -0.452 e. The van der Waals surface area contributed by atoms with Crippen LogP contribution in [0.4, 0.5) is 0 Å². The Morgan fingerprint density at radius 2 is 1.76 bits per heavy atom. The lowest BCUT2D eigenvalue weighted by Gasteiger charge is -2.14. The van der Waals surface area contributed by atoms with Crippen LogP contribution in [0, 0.1) is 6.92 Å². The first-order valence-corrected chi connectivity index (χ1v) is 9.33. The highest BCUT2D eigenvalue weighted by atomic mass is 16.5. The second-order valence-corrected chi connectivity index (χ2v) is 6.93. The fraction of sp³-hybridized carbons (Fsp3) is 0.273. The summed E-state index contributed by atoms with van der Waals surface area (Å²) in [5, 5.41) is 8.02. The minimum atomic E-state index is -0.938. The summed E-state index contributed by atoms with van der Waals surface area (Å²) in [7, 11) is 1.53. The van der Waals surface area contributed by atoms with Crippen molar-refractivity contribution < 1.29 is 14.3 Å². The van der Waals surface area contributed by atoms with E-state index in [4.69, 9.17) is 4.74 Å². The van der Waals surface area contributed by atoms with Gasteiger partial charge in [-0.1, -0.05) is 48.0 Å². The van der Waals surface area contributed by atoms with Crippen molar-refractivity contribution in [1.82, 2.24) is 15.1 Å². The molecule has 1 amide bonds. The molecule has 7 nitrogen and oxygen atoms in total. The van der Waals surface area contributed by atoms with E-state index in [2.05, 4.69) is 10.4 Å². The third kappa shape index (κ3) is 4.87. The van der Waals surface area contributed by atoms with Gasteiger partial charge >= 0.3 is 5.97 Å². The summed E-state index contributed by atoms with van der Waals surface area (Å²) in [5.74, 6) is -0.962. The summed E-state index contributed by atoms with van der Waals surface area (Å²) >= 11 is 0. The third-order valence-electron chi connectivity index (χ3n) is 4.61. The van der Waals surface area contributed by atoms with Crippen LogP contribution in [0.15, 0.2) is 53.3 Å². The highest BCUT2D eigenvalue weighted by Crippen LogP contribution is 2.14. The summed E-state index contributed by atoms with van der Waals surface area (Å²) in [6.45, 7) is 3.87. The molecule has 0 aliphatic heterocycles. The second-order valence-electron chi connectivity index (χ2n) is 6.93. The van der Waals surface area contributed by atoms with Crippen LogP contribution in [0.5, 0.6) is 0 Å². The summed E-state index contributed by atoms with van der Waals surface area (Å²) in [6, 6.07) is 14.8. The Balaban J connectivity index is 1.62. The van der Waals surface area contributed by atoms with Crippen LogP contribution >= 0.6 is 0 Å². The smallest absolute Gasteiger partial charge is 0.312 e. The number of carbonyl (C=O) groups excluding carboxylic acids is 2. The molecular formula is C22H23N3O4. The highest BCUT2D eigenvalue weighted by molar-refractivity contribution is 5.88. The van der Waals surface area contributed by atoms with E-state index in [1.54, 1.807) is 24.3 Å². The molecule has 0 radical (unpaired) electrons.